The summed E-state index contributed by atoms with van der Waals surface area (Å²) in [6.07, 6.45) is 0. The van der Waals surface area contributed by atoms with Crippen molar-refractivity contribution in [1.29, 1.82) is 0 Å². The highest BCUT2D eigenvalue weighted by atomic mass is 32.2. The summed E-state index contributed by atoms with van der Waals surface area (Å²) in [6, 6.07) is 4.60. The zero-order valence-corrected chi connectivity index (χ0v) is 13.5. The van der Waals surface area contributed by atoms with Gasteiger partial charge >= 0.3 is 0 Å². The van der Waals surface area contributed by atoms with Crippen LogP contribution in [0.15, 0.2) is 23.1 Å². The van der Waals surface area contributed by atoms with Crippen molar-refractivity contribution in [2.45, 2.75) is 29.2 Å². The first kappa shape index (κ1) is 15.5. The molecule has 0 amide bonds. The van der Waals surface area contributed by atoms with Crippen molar-refractivity contribution in [2.75, 3.05) is 25.9 Å². The van der Waals surface area contributed by atoms with Gasteiger partial charge in [-0.05, 0) is 18.2 Å². The van der Waals surface area contributed by atoms with E-state index in [9.17, 15) is 8.42 Å². The van der Waals surface area contributed by atoms with Crippen LogP contribution in [0.1, 0.15) is 13.8 Å². The van der Waals surface area contributed by atoms with Crippen molar-refractivity contribution in [3.63, 3.8) is 0 Å². The third-order valence-corrected chi connectivity index (χ3v) is 6.28. The fourth-order valence-electron chi connectivity index (χ4n) is 2.35. The summed E-state index contributed by atoms with van der Waals surface area (Å²) in [7, 11) is -1.99. The van der Waals surface area contributed by atoms with E-state index in [4.69, 9.17) is 10.5 Å². The van der Waals surface area contributed by atoms with Gasteiger partial charge in [0.05, 0.1) is 17.7 Å². The van der Waals surface area contributed by atoms with E-state index in [2.05, 4.69) is 0 Å². The summed E-state index contributed by atoms with van der Waals surface area (Å²) in [6.45, 7) is 5.16. The van der Waals surface area contributed by atoms with Gasteiger partial charge in [-0.1, -0.05) is 13.8 Å². The van der Waals surface area contributed by atoms with Crippen LogP contribution >= 0.6 is 11.8 Å². The Kier molecular flexibility index (Phi) is 4.51. The lowest BCUT2D eigenvalue weighted by molar-refractivity contribution is 0.404. The first-order chi connectivity index (χ1) is 9.34. The zero-order valence-electron chi connectivity index (χ0n) is 11.9. The molecule has 5 nitrogen and oxygen atoms in total. The number of hydrogen-bond acceptors (Lipinski definition) is 5. The predicted octanol–water partition coefficient (Wildman–Crippen LogP) is 1.79. The van der Waals surface area contributed by atoms with Gasteiger partial charge in [0.1, 0.15) is 5.75 Å². The predicted molar refractivity (Wildman–Crippen MR) is 82.7 cm³/mol. The van der Waals surface area contributed by atoms with Gasteiger partial charge in [-0.3, -0.25) is 0 Å². The Morgan fingerprint density at radius 1 is 1.30 bits per heavy atom. The Morgan fingerprint density at radius 2 is 1.90 bits per heavy atom. The number of hydrogen-bond donors (Lipinski definition) is 1. The number of nitrogens with zero attached hydrogens (tertiary/aromatic N) is 1. The molecule has 1 aromatic rings. The van der Waals surface area contributed by atoms with Crippen LogP contribution in [-0.2, 0) is 10.0 Å². The van der Waals surface area contributed by atoms with Gasteiger partial charge in [-0.15, -0.1) is 0 Å². The van der Waals surface area contributed by atoms with Crippen LogP contribution in [0.2, 0.25) is 0 Å². The Bertz CT molecular complexity index is 579. The second-order valence-corrected chi connectivity index (χ2v) is 8.80. The van der Waals surface area contributed by atoms with Gasteiger partial charge < -0.3 is 10.5 Å². The molecule has 1 saturated heterocycles. The summed E-state index contributed by atoms with van der Waals surface area (Å²) in [4.78, 5) is 0.224. The number of nitrogen functional groups attached to an aromatic ring is 1. The summed E-state index contributed by atoms with van der Waals surface area (Å²) in [5, 5.41) is 0.591. The van der Waals surface area contributed by atoms with Crippen LogP contribution in [0, 0.1) is 0 Å². The van der Waals surface area contributed by atoms with Crippen molar-refractivity contribution in [2.24, 2.45) is 0 Å². The number of sulfonamides is 1. The molecule has 2 atom stereocenters. The molecule has 112 valence electrons. The number of ether oxygens (including phenoxy) is 1. The minimum Gasteiger partial charge on any atom is -0.495 e. The zero-order chi connectivity index (χ0) is 14.9. The lowest BCUT2D eigenvalue weighted by Gasteiger charge is -2.33. The average Bonchev–Trinajstić information content (AvgIpc) is 2.37. The Hall–Kier alpha value is -0.920. The van der Waals surface area contributed by atoms with E-state index in [0.717, 1.165) is 0 Å². The Labute approximate surface area is 124 Å². The summed E-state index contributed by atoms with van der Waals surface area (Å²) < 4.78 is 31.9. The van der Waals surface area contributed by atoms with Crippen LogP contribution in [0.4, 0.5) is 5.69 Å². The minimum atomic E-state index is -3.49. The fraction of sp³-hybridized carbons (Fsp3) is 0.538. The van der Waals surface area contributed by atoms with Crippen LogP contribution in [0.5, 0.6) is 5.75 Å². The standard InChI is InChI=1S/C13H20N2O3S2/c1-9-7-15(8-10(2)19-9)20(16,17)11-4-5-13(18-3)12(14)6-11/h4-6,9-10H,7-8,14H2,1-3H3. The van der Waals surface area contributed by atoms with Crippen LogP contribution < -0.4 is 10.5 Å². The number of thioether (sulfide) groups is 1. The molecule has 1 aliphatic rings. The summed E-state index contributed by atoms with van der Waals surface area (Å²) in [5.74, 6) is 0.486. The molecule has 0 spiro atoms. The minimum absolute atomic E-state index is 0.224. The highest BCUT2D eigenvalue weighted by molar-refractivity contribution is 8.00. The van der Waals surface area contributed by atoms with E-state index < -0.39 is 10.0 Å². The van der Waals surface area contributed by atoms with Gasteiger partial charge in [0, 0.05) is 23.6 Å². The normalized spacial score (nSPS) is 24.6. The molecule has 2 unspecified atom stereocenters. The maximum Gasteiger partial charge on any atom is 0.243 e. The largest absolute Gasteiger partial charge is 0.495 e. The first-order valence-electron chi connectivity index (χ1n) is 6.43. The van der Waals surface area contributed by atoms with Crippen LogP contribution in [-0.4, -0.2) is 43.4 Å². The van der Waals surface area contributed by atoms with E-state index in [1.807, 2.05) is 25.6 Å². The quantitative estimate of drug-likeness (QED) is 0.861. The molecule has 1 aromatic carbocycles. The second kappa shape index (κ2) is 5.83. The van der Waals surface area contributed by atoms with E-state index in [-0.39, 0.29) is 4.90 Å². The van der Waals surface area contributed by atoms with Crippen LogP contribution in [0.3, 0.4) is 0 Å². The van der Waals surface area contributed by atoms with E-state index in [1.165, 1.54) is 13.2 Å². The summed E-state index contributed by atoms with van der Waals surface area (Å²) in [5.41, 5.74) is 6.13. The topological polar surface area (TPSA) is 72.6 Å². The third-order valence-electron chi connectivity index (χ3n) is 3.23. The highest BCUT2D eigenvalue weighted by Crippen LogP contribution is 2.31. The van der Waals surface area contributed by atoms with Crippen LogP contribution in [0.25, 0.3) is 0 Å². The highest BCUT2D eigenvalue weighted by Gasteiger charge is 2.32. The second-order valence-electron chi connectivity index (χ2n) is 4.98. The molecule has 1 fully saturated rings. The lowest BCUT2D eigenvalue weighted by Crippen LogP contribution is -2.43. The maximum atomic E-state index is 12.7. The molecule has 2 N–H and O–H groups in total. The molecule has 7 heteroatoms. The number of methoxy groups -OCH3 is 1. The molecule has 1 heterocycles. The van der Waals surface area contributed by atoms with Crippen molar-refractivity contribution in [3.05, 3.63) is 18.2 Å². The van der Waals surface area contributed by atoms with E-state index in [0.29, 0.717) is 35.0 Å². The molecule has 1 aliphatic heterocycles. The van der Waals surface area contributed by atoms with Gasteiger partial charge in [-0.2, -0.15) is 16.1 Å². The molecular formula is C13H20N2O3S2. The van der Waals surface area contributed by atoms with Crippen molar-refractivity contribution in [1.82, 2.24) is 4.31 Å². The molecule has 0 bridgehead atoms. The smallest absolute Gasteiger partial charge is 0.243 e. The van der Waals surface area contributed by atoms with Crippen molar-refractivity contribution < 1.29 is 13.2 Å². The number of benzene rings is 1. The van der Waals surface area contributed by atoms with Gasteiger partial charge in [0.25, 0.3) is 0 Å². The molecule has 20 heavy (non-hydrogen) atoms. The Morgan fingerprint density at radius 3 is 2.40 bits per heavy atom. The number of nitrogens with two attached hydrogens (primary N) is 1. The van der Waals surface area contributed by atoms with E-state index in [1.54, 1.807) is 16.4 Å². The summed E-state index contributed by atoms with van der Waals surface area (Å²) >= 11 is 1.81. The Balaban J connectivity index is 2.32. The van der Waals surface area contributed by atoms with Gasteiger partial charge in [0.15, 0.2) is 0 Å². The fourth-order valence-corrected chi connectivity index (χ4v) is 5.52. The first-order valence-corrected chi connectivity index (χ1v) is 8.82. The molecule has 2 rings (SSSR count). The number of anilines is 1. The average molecular weight is 316 g/mol. The van der Waals surface area contributed by atoms with Crippen molar-refractivity contribution in [3.8, 4) is 5.75 Å². The van der Waals surface area contributed by atoms with Crippen molar-refractivity contribution >= 4 is 27.5 Å². The third kappa shape index (κ3) is 3.05. The molecule has 0 aromatic heterocycles. The lowest BCUT2D eigenvalue weighted by atomic mass is 10.3. The molecule has 0 radical (unpaired) electrons. The number of rotatable bonds is 3. The maximum absolute atomic E-state index is 12.7. The molecule has 0 aliphatic carbocycles. The molecular weight excluding hydrogens is 296 g/mol. The monoisotopic (exact) mass is 316 g/mol. The SMILES string of the molecule is COc1ccc(S(=O)(=O)N2CC(C)SC(C)C2)cc1N. The van der Waals surface area contributed by atoms with E-state index >= 15 is 0 Å². The molecule has 0 saturated carbocycles. The van der Waals surface area contributed by atoms with Gasteiger partial charge in [-0.25, -0.2) is 8.42 Å². The van der Waals surface area contributed by atoms with Gasteiger partial charge in [0.2, 0.25) is 10.0 Å².